The zero-order valence-electron chi connectivity index (χ0n) is 8.73. The van der Waals surface area contributed by atoms with Gasteiger partial charge in [-0.25, -0.2) is 4.68 Å². The van der Waals surface area contributed by atoms with Crippen LogP contribution in [0.15, 0.2) is 10.9 Å². The molecule has 0 radical (unpaired) electrons. The molecule has 1 aromatic rings. The van der Waals surface area contributed by atoms with Crippen molar-refractivity contribution in [2.24, 2.45) is 0 Å². The quantitative estimate of drug-likeness (QED) is 0.674. The van der Waals surface area contributed by atoms with Crippen LogP contribution in [0, 0.1) is 0 Å². The van der Waals surface area contributed by atoms with Crippen LogP contribution in [-0.4, -0.2) is 27.5 Å². The highest BCUT2D eigenvalue weighted by molar-refractivity contribution is 5.20. The number of hydrogen-bond donors (Lipinski definition) is 2. The second-order valence-electron chi connectivity index (χ2n) is 3.91. The lowest BCUT2D eigenvalue weighted by molar-refractivity contribution is 0.165. The zero-order chi connectivity index (χ0) is 10.8. The summed E-state index contributed by atoms with van der Waals surface area (Å²) >= 11 is 0. The number of nitrogens with zero attached hydrogens (tertiary/aromatic N) is 2. The van der Waals surface area contributed by atoms with E-state index in [1.807, 2.05) is 0 Å². The van der Waals surface area contributed by atoms with E-state index in [-0.39, 0.29) is 12.1 Å². The van der Waals surface area contributed by atoms with E-state index in [0.29, 0.717) is 6.54 Å². The summed E-state index contributed by atoms with van der Waals surface area (Å²) in [7, 11) is 0. The van der Waals surface area contributed by atoms with Gasteiger partial charge in [0.1, 0.15) is 0 Å². The van der Waals surface area contributed by atoms with Gasteiger partial charge in [-0.2, -0.15) is 5.10 Å². The zero-order valence-corrected chi connectivity index (χ0v) is 8.73. The van der Waals surface area contributed by atoms with Gasteiger partial charge < -0.3 is 10.4 Å². The first-order valence-electron chi connectivity index (χ1n) is 5.15. The highest BCUT2D eigenvalue weighted by Crippen LogP contribution is 2.07. The van der Waals surface area contributed by atoms with Crippen molar-refractivity contribution in [3.05, 3.63) is 27.7 Å². The second kappa shape index (κ2) is 4.12. The molecule has 2 heterocycles. The maximum Gasteiger partial charge on any atom is 0.267 e. The maximum absolute atomic E-state index is 11.6. The van der Waals surface area contributed by atoms with Gasteiger partial charge in [0.15, 0.2) is 0 Å². The van der Waals surface area contributed by atoms with Crippen molar-refractivity contribution < 1.29 is 5.11 Å². The summed E-state index contributed by atoms with van der Waals surface area (Å²) < 4.78 is 1.34. The summed E-state index contributed by atoms with van der Waals surface area (Å²) in [5, 5.41) is 16.7. The Bertz CT molecular complexity index is 412. The van der Waals surface area contributed by atoms with E-state index in [4.69, 9.17) is 0 Å². The molecule has 0 fully saturated rings. The first-order valence-corrected chi connectivity index (χ1v) is 5.15. The number of aliphatic hydroxyl groups excluding tert-OH is 1. The highest BCUT2D eigenvalue weighted by Gasteiger charge is 2.13. The molecule has 5 nitrogen and oxygen atoms in total. The fraction of sp³-hybridized carbons (Fsp3) is 0.600. The fourth-order valence-electron chi connectivity index (χ4n) is 1.74. The SMILES string of the molecule is CC(O)Cn1nc2c(cc1=O)CNCC2. The Labute approximate surface area is 87.7 Å². The third-order valence-corrected chi connectivity index (χ3v) is 2.46. The minimum atomic E-state index is -0.546. The molecule has 2 N–H and O–H groups in total. The van der Waals surface area contributed by atoms with E-state index in [9.17, 15) is 9.90 Å². The van der Waals surface area contributed by atoms with Crippen molar-refractivity contribution in [1.29, 1.82) is 0 Å². The van der Waals surface area contributed by atoms with Crippen LogP contribution in [0.5, 0.6) is 0 Å². The van der Waals surface area contributed by atoms with Crippen LogP contribution in [0.3, 0.4) is 0 Å². The van der Waals surface area contributed by atoms with Crippen LogP contribution in [-0.2, 0) is 19.5 Å². The minimum absolute atomic E-state index is 0.140. The fourth-order valence-corrected chi connectivity index (χ4v) is 1.74. The Morgan fingerprint density at radius 1 is 1.73 bits per heavy atom. The molecule has 1 unspecified atom stereocenters. The summed E-state index contributed by atoms with van der Waals surface area (Å²) in [6.07, 6.45) is 0.296. The number of aliphatic hydroxyl groups is 1. The molecule has 2 rings (SSSR count). The molecule has 1 aromatic heterocycles. The first-order chi connectivity index (χ1) is 7.16. The van der Waals surface area contributed by atoms with Gasteiger partial charge in [-0.3, -0.25) is 4.79 Å². The van der Waals surface area contributed by atoms with E-state index in [1.54, 1.807) is 13.0 Å². The van der Waals surface area contributed by atoms with Gasteiger partial charge in [0.25, 0.3) is 5.56 Å². The molecule has 0 spiro atoms. The van der Waals surface area contributed by atoms with Gasteiger partial charge in [0.2, 0.25) is 0 Å². The lowest BCUT2D eigenvalue weighted by Crippen LogP contribution is -2.33. The summed E-state index contributed by atoms with van der Waals surface area (Å²) in [5.41, 5.74) is 1.81. The van der Waals surface area contributed by atoms with Crippen LogP contribution in [0.1, 0.15) is 18.2 Å². The topological polar surface area (TPSA) is 67.1 Å². The van der Waals surface area contributed by atoms with Crippen molar-refractivity contribution in [2.45, 2.75) is 32.5 Å². The van der Waals surface area contributed by atoms with E-state index in [2.05, 4.69) is 10.4 Å². The molecule has 0 saturated carbocycles. The molecule has 15 heavy (non-hydrogen) atoms. The van der Waals surface area contributed by atoms with Gasteiger partial charge in [-0.15, -0.1) is 0 Å². The molecule has 1 atom stereocenters. The lowest BCUT2D eigenvalue weighted by atomic mass is 10.1. The van der Waals surface area contributed by atoms with Crippen molar-refractivity contribution >= 4 is 0 Å². The van der Waals surface area contributed by atoms with E-state index < -0.39 is 6.10 Å². The number of aromatic nitrogens is 2. The second-order valence-corrected chi connectivity index (χ2v) is 3.91. The van der Waals surface area contributed by atoms with Gasteiger partial charge >= 0.3 is 0 Å². The summed E-state index contributed by atoms with van der Waals surface area (Å²) in [6.45, 7) is 3.52. The smallest absolute Gasteiger partial charge is 0.267 e. The molecule has 0 aromatic carbocycles. The number of nitrogens with one attached hydrogen (secondary N) is 1. The molecule has 0 saturated heterocycles. The Balaban J connectivity index is 2.36. The normalized spacial score (nSPS) is 17.2. The molecule has 82 valence electrons. The highest BCUT2D eigenvalue weighted by atomic mass is 16.3. The summed E-state index contributed by atoms with van der Waals surface area (Å²) in [4.78, 5) is 11.6. The predicted molar refractivity (Wildman–Crippen MR) is 55.6 cm³/mol. The van der Waals surface area contributed by atoms with Gasteiger partial charge in [0, 0.05) is 25.6 Å². The number of hydrogen-bond acceptors (Lipinski definition) is 4. The predicted octanol–water partition coefficient (Wildman–Crippen LogP) is -0.730. The minimum Gasteiger partial charge on any atom is -0.391 e. The molecule has 0 bridgehead atoms. The van der Waals surface area contributed by atoms with Gasteiger partial charge in [-0.1, -0.05) is 0 Å². The van der Waals surface area contributed by atoms with Crippen LogP contribution in [0.2, 0.25) is 0 Å². The largest absolute Gasteiger partial charge is 0.391 e. The van der Waals surface area contributed by atoms with E-state index in [0.717, 1.165) is 24.2 Å². The monoisotopic (exact) mass is 209 g/mol. The maximum atomic E-state index is 11.6. The average Bonchev–Trinajstić information content (AvgIpc) is 2.18. The van der Waals surface area contributed by atoms with Gasteiger partial charge in [0.05, 0.1) is 18.3 Å². The third kappa shape index (κ3) is 2.24. The summed E-state index contributed by atoms with van der Waals surface area (Å²) in [5.74, 6) is 0. The van der Waals surface area contributed by atoms with Crippen molar-refractivity contribution in [2.75, 3.05) is 6.54 Å². The number of rotatable bonds is 2. The third-order valence-electron chi connectivity index (χ3n) is 2.46. The molecule has 0 aliphatic carbocycles. The average molecular weight is 209 g/mol. The Kier molecular flexibility index (Phi) is 2.83. The van der Waals surface area contributed by atoms with Crippen LogP contribution in [0.4, 0.5) is 0 Å². The Morgan fingerprint density at radius 3 is 3.27 bits per heavy atom. The number of fused-ring (bicyclic) bond motifs is 1. The first kappa shape index (κ1) is 10.3. The molecule has 0 amide bonds. The molecular weight excluding hydrogens is 194 g/mol. The Morgan fingerprint density at radius 2 is 2.53 bits per heavy atom. The Hall–Kier alpha value is -1.20. The van der Waals surface area contributed by atoms with Crippen LogP contribution < -0.4 is 10.9 Å². The van der Waals surface area contributed by atoms with E-state index >= 15 is 0 Å². The standard InChI is InChI=1S/C10H15N3O2/c1-7(14)6-13-10(15)4-8-5-11-3-2-9(8)12-13/h4,7,11,14H,2-3,5-6H2,1H3. The van der Waals surface area contributed by atoms with Gasteiger partial charge in [-0.05, 0) is 12.5 Å². The van der Waals surface area contributed by atoms with Crippen LogP contribution >= 0.6 is 0 Å². The van der Waals surface area contributed by atoms with Crippen molar-refractivity contribution in [1.82, 2.24) is 15.1 Å². The van der Waals surface area contributed by atoms with E-state index in [1.165, 1.54) is 4.68 Å². The van der Waals surface area contributed by atoms with Crippen molar-refractivity contribution in [3.63, 3.8) is 0 Å². The molecule has 1 aliphatic rings. The van der Waals surface area contributed by atoms with Crippen molar-refractivity contribution in [3.8, 4) is 0 Å². The molecule has 5 heteroatoms. The summed E-state index contributed by atoms with van der Waals surface area (Å²) in [6, 6.07) is 1.61. The van der Waals surface area contributed by atoms with Crippen LogP contribution in [0.25, 0.3) is 0 Å². The molecule has 1 aliphatic heterocycles. The lowest BCUT2D eigenvalue weighted by Gasteiger charge is -2.17. The molecular formula is C10H15N3O2.